The van der Waals surface area contributed by atoms with Crippen molar-refractivity contribution in [2.45, 2.75) is 31.9 Å². The monoisotopic (exact) mass is 345 g/mol. The zero-order chi connectivity index (χ0) is 14.9. The minimum atomic E-state index is -4.03. The summed E-state index contributed by atoms with van der Waals surface area (Å²) in [5.41, 5.74) is 0. The van der Waals surface area contributed by atoms with Gasteiger partial charge in [0.05, 0.1) is 11.0 Å². The van der Waals surface area contributed by atoms with Crippen molar-refractivity contribution in [2.24, 2.45) is 0 Å². The summed E-state index contributed by atoms with van der Waals surface area (Å²) in [6, 6.07) is 0. The van der Waals surface area contributed by atoms with Gasteiger partial charge in [0.25, 0.3) is 10.1 Å². The number of carbonyl (C=O) groups is 1. The molecule has 0 fully saturated rings. The van der Waals surface area contributed by atoms with Crippen molar-refractivity contribution in [1.82, 2.24) is 5.32 Å². The molecular formula is C10H19NO4S4. The predicted octanol–water partition coefficient (Wildman–Crippen LogP) is 1.93. The summed E-state index contributed by atoms with van der Waals surface area (Å²) in [5, 5.41) is 2.07. The molecule has 0 saturated heterocycles. The summed E-state index contributed by atoms with van der Waals surface area (Å²) in [6.07, 6.45) is 2.19. The standard InChI is InChI=1S/C10H19NO4S4/c1-3-4-6-17-10(16)18-8(2)9(12)11-5-7-19(13,14)15/h8H,3-7H2,1-2H3,(H,11,12)(H,13,14,15). The molecule has 2 N–H and O–H groups in total. The van der Waals surface area contributed by atoms with E-state index in [0.717, 1.165) is 18.6 Å². The van der Waals surface area contributed by atoms with Gasteiger partial charge in [-0.25, -0.2) is 0 Å². The Morgan fingerprint density at radius 1 is 1.47 bits per heavy atom. The number of thioether (sulfide) groups is 2. The molecule has 0 radical (unpaired) electrons. The van der Waals surface area contributed by atoms with Crippen molar-refractivity contribution < 1.29 is 17.8 Å². The highest BCUT2D eigenvalue weighted by Gasteiger charge is 2.16. The molecule has 0 saturated carbocycles. The largest absolute Gasteiger partial charge is 0.354 e. The fraction of sp³-hybridized carbons (Fsp3) is 0.800. The quantitative estimate of drug-likeness (QED) is 0.395. The van der Waals surface area contributed by atoms with Crippen molar-refractivity contribution in [3.63, 3.8) is 0 Å². The molecule has 0 aromatic heterocycles. The second-order valence-corrected chi connectivity index (χ2v) is 9.00. The number of hydrogen-bond donors (Lipinski definition) is 2. The summed E-state index contributed by atoms with van der Waals surface area (Å²) >= 11 is 7.98. The summed E-state index contributed by atoms with van der Waals surface area (Å²) in [5.74, 6) is 0.178. The van der Waals surface area contributed by atoms with E-state index in [4.69, 9.17) is 16.8 Å². The van der Waals surface area contributed by atoms with Gasteiger partial charge in [-0.15, -0.1) is 11.8 Å². The Kier molecular flexibility index (Phi) is 10.1. The van der Waals surface area contributed by atoms with E-state index in [1.54, 1.807) is 18.7 Å². The molecule has 0 aliphatic heterocycles. The highest BCUT2D eigenvalue weighted by molar-refractivity contribution is 8.47. The Bertz CT molecular complexity index is 396. The molecule has 0 heterocycles. The summed E-state index contributed by atoms with van der Waals surface area (Å²) in [7, 11) is -4.03. The number of nitrogens with one attached hydrogen (secondary N) is 1. The SMILES string of the molecule is CCCCSC(=S)SC(C)C(=O)NCCS(=O)(=O)O. The Labute approximate surface area is 128 Å². The van der Waals surface area contributed by atoms with Crippen LogP contribution in [0.3, 0.4) is 0 Å². The zero-order valence-electron chi connectivity index (χ0n) is 10.9. The van der Waals surface area contributed by atoms with Crippen LogP contribution in [0, 0.1) is 0 Å². The van der Waals surface area contributed by atoms with Crippen molar-refractivity contribution in [1.29, 1.82) is 0 Å². The highest BCUT2D eigenvalue weighted by Crippen LogP contribution is 2.22. The van der Waals surface area contributed by atoms with Crippen molar-refractivity contribution in [3.05, 3.63) is 0 Å². The van der Waals surface area contributed by atoms with Gasteiger partial charge >= 0.3 is 0 Å². The molecule has 5 nitrogen and oxygen atoms in total. The van der Waals surface area contributed by atoms with Crippen LogP contribution in [0.15, 0.2) is 0 Å². The van der Waals surface area contributed by atoms with Crippen molar-refractivity contribution in [3.8, 4) is 0 Å². The van der Waals surface area contributed by atoms with Gasteiger partial charge in [-0.3, -0.25) is 9.35 Å². The lowest BCUT2D eigenvalue weighted by molar-refractivity contribution is -0.120. The van der Waals surface area contributed by atoms with Crippen LogP contribution < -0.4 is 5.32 Å². The lowest BCUT2D eigenvalue weighted by Gasteiger charge is -2.11. The van der Waals surface area contributed by atoms with Crippen molar-refractivity contribution in [2.75, 3.05) is 18.1 Å². The first-order valence-electron chi connectivity index (χ1n) is 5.82. The van der Waals surface area contributed by atoms with E-state index >= 15 is 0 Å². The normalized spacial score (nSPS) is 13.0. The molecule has 0 aromatic carbocycles. The lowest BCUT2D eigenvalue weighted by Crippen LogP contribution is -2.34. The van der Waals surface area contributed by atoms with Crippen LogP contribution in [0.4, 0.5) is 0 Å². The fourth-order valence-electron chi connectivity index (χ4n) is 0.979. The fourth-order valence-corrected chi connectivity index (χ4v) is 4.06. The Morgan fingerprint density at radius 2 is 2.11 bits per heavy atom. The average molecular weight is 346 g/mol. The Balaban J connectivity index is 3.90. The van der Waals surface area contributed by atoms with Gasteiger partial charge in [-0.2, -0.15) is 8.42 Å². The molecule has 9 heteroatoms. The number of carbonyl (C=O) groups excluding carboxylic acids is 1. The molecule has 0 aromatic rings. The Hall–Kier alpha value is 0.170. The third kappa shape index (κ3) is 11.7. The van der Waals surface area contributed by atoms with E-state index in [2.05, 4.69) is 12.2 Å². The maximum atomic E-state index is 11.6. The first-order chi connectivity index (χ1) is 8.76. The number of hydrogen-bond acceptors (Lipinski definition) is 6. The maximum absolute atomic E-state index is 11.6. The molecule has 1 unspecified atom stereocenters. The molecule has 0 spiro atoms. The van der Waals surface area contributed by atoms with E-state index in [1.165, 1.54) is 11.8 Å². The third-order valence-electron chi connectivity index (χ3n) is 2.02. The summed E-state index contributed by atoms with van der Waals surface area (Å²) in [4.78, 5) is 11.6. The lowest BCUT2D eigenvalue weighted by atomic mass is 10.4. The van der Waals surface area contributed by atoms with Crippen LogP contribution in [-0.2, 0) is 14.9 Å². The van der Waals surface area contributed by atoms with E-state index in [-0.39, 0.29) is 17.7 Å². The molecule has 112 valence electrons. The predicted molar refractivity (Wildman–Crippen MR) is 86.4 cm³/mol. The minimum Gasteiger partial charge on any atom is -0.354 e. The van der Waals surface area contributed by atoms with Gasteiger partial charge in [0.15, 0.2) is 0 Å². The van der Waals surface area contributed by atoms with Crippen LogP contribution in [0.5, 0.6) is 0 Å². The molecule has 1 atom stereocenters. The average Bonchev–Trinajstić information content (AvgIpc) is 2.27. The summed E-state index contributed by atoms with van der Waals surface area (Å²) in [6.45, 7) is 3.71. The number of thiocarbonyl (C=S) groups is 1. The van der Waals surface area contributed by atoms with E-state index in [0.29, 0.717) is 3.53 Å². The summed E-state index contributed by atoms with van der Waals surface area (Å²) < 4.78 is 30.2. The maximum Gasteiger partial charge on any atom is 0.266 e. The topological polar surface area (TPSA) is 83.5 Å². The molecule has 0 bridgehead atoms. The highest BCUT2D eigenvalue weighted by atomic mass is 32.2. The molecule has 1 amide bonds. The van der Waals surface area contributed by atoms with Gasteiger partial charge in [-0.1, -0.05) is 37.3 Å². The van der Waals surface area contributed by atoms with Gasteiger partial charge in [-0.05, 0) is 19.1 Å². The van der Waals surface area contributed by atoms with Crippen LogP contribution >= 0.6 is 35.7 Å². The first kappa shape index (κ1) is 19.2. The van der Waals surface area contributed by atoms with Crippen LogP contribution in [-0.4, -0.2) is 45.7 Å². The van der Waals surface area contributed by atoms with Gasteiger partial charge in [0.2, 0.25) is 5.91 Å². The zero-order valence-corrected chi connectivity index (χ0v) is 14.2. The smallest absolute Gasteiger partial charge is 0.266 e. The number of amides is 1. The second-order valence-electron chi connectivity index (χ2n) is 3.79. The molecule has 0 aliphatic rings. The molecule has 0 aliphatic carbocycles. The number of unbranched alkanes of at least 4 members (excludes halogenated alkanes) is 1. The first-order valence-corrected chi connectivity index (χ1v) is 9.70. The third-order valence-corrected chi connectivity index (χ3v) is 5.51. The van der Waals surface area contributed by atoms with Gasteiger partial charge < -0.3 is 5.32 Å². The minimum absolute atomic E-state index is 0.0989. The van der Waals surface area contributed by atoms with E-state index in [9.17, 15) is 13.2 Å². The van der Waals surface area contributed by atoms with E-state index < -0.39 is 15.9 Å². The van der Waals surface area contributed by atoms with E-state index in [1.807, 2.05) is 0 Å². The van der Waals surface area contributed by atoms with Crippen LogP contribution in [0.25, 0.3) is 0 Å². The van der Waals surface area contributed by atoms with Gasteiger partial charge in [0, 0.05) is 6.54 Å². The molecular weight excluding hydrogens is 326 g/mol. The van der Waals surface area contributed by atoms with Crippen molar-refractivity contribution >= 4 is 55.3 Å². The van der Waals surface area contributed by atoms with Gasteiger partial charge in [0.1, 0.15) is 3.53 Å². The number of rotatable bonds is 8. The van der Waals surface area contributed by atoms with Crippen LogP contribution in [0.1, 0.15) is 26.7 Å². The second kappa shape index (κ2) is 9.98. The molecule has 0 rings (SSSR count). The van der Waals surface area contributed by atoms with Crippen LogP contribution in [0.2, 0.25) is 0 Å². The molecule has 19 heavy (non-hydrogen) atoms. The Morgan fingerprint density at radius 3 is 2.63 bits per heavy atom.